The molecule has 3 rings (SSSR count). The van der Waals surface area contributed by atoms with Gasteiger partial charge in [-0.3, -0.25) is 0 Å². The first-order chi connectivity index (χ1) is 20.2. The molecule has 3 aliphatic rings. The zero-order chi connectivity index (χ0) is 31.0. The van der Waals surface area contributed by atoms with Crippen LogP contribution in [0.15, 0.2) is 0 Å². The highest BCUT2D eigenvalue weighted by atomic mass is 16.8. The lowest BCUT2D eigenvalue weighted by Crippen LogP contribution is -2.67. The van der Waals surface area contributed by atoms with E-state index in [2.05, 4.69) is 0 Å². The van der Waals surface area contributed by atoms with Crippen LogP contribution in [0, 0.1) is 0 Å². The monoisotopic (exact) mass is 616 g/mol. The molecule has 3 heterocycles. The van der Waals surface area contributed by atoms with Crippen molar-refractivity contribution in [1.29, 1.82) is 0 Å². The van der Waals surface area contributed by atoms with E-state index >= 15 is 0 Å². The standard InChI is InChI=1S/C26H48O16/c1-5-34-11-14-21(22(35-6-2)23(36-7-3)26(40-14)37-8-4)42-25-19(33)17(31)20(13(10-28)39-25)41-24-18(32)16(30)15(29)12(9-27)38-24/h12-33H,5-11H2,1-4H3/t12-,13-,14-,15-,16+,17-,18-,19-,20-,21-,22+,23-,24+,25-,26-/m1/s1. The zero-order valence-electron chi connectivity index (χ0n) is 24.4. The van der Waals surface area contributed by atoms with Crippen molar-refractivity contribution in [2.75, 3.05) is 46.2 Å². The Morgan fingerprint density at radius 3 is 1.57 bits per heavy atom. The molecule has 15 atom stereocenters. The lowest BCUT2D eigenvalue weighted by molar-refractivity contribution is -0.382. The minimum atomic E-state index is -1.78. The predicted octanol–water partition coefficient (Wildman–Crippen LogP) is -3.40. The summed E-state index contributed by atoms with van der Waals surface area (Å²) in [6.45, 7) is 7.20. The fourth-order valence-electron chi connectivity index (χ4n) is 5.28. The van der Waals surface area contributed by atoms with Crippen molar-refractivity contribution >= 4 is 0 Å². The van der Waals surface area contributed by atoms with Crippen molar-refractivity contribution in [2.24, 2.45) is 0 Å². The summed E-state index contributed by atoms with van der Waals surface area (Å²) >= 11 is 0. The highest BCUT2D eigenvalue weighted by molar-refractivity contribution is 4.97. The third kappa shape index (κ3) is 8.14. The number of hydrogen-bond donors (Lipinski definition) is 7. The van der Waals surface area contributed by atoms with E-state index in [1.165, 1.54) is 0 Å². The number of ether oxygens (including phenoxy) is 9. The molecule has 3 aliphatic heterocycles. The highest BCUT2D eigenvalue weighted by Crippen LogP contribution is 2.34. The summed E-state index contributed by atoms with van der Waals surface area (Å²) in [4.78, 5) is 0. The van der Waals surface area contributed by atoms with Gasteiger partial charge in [-0.2, -0.15) is 0 Å². The second kappa shape index (κ2) is 17.2. The fraction of sp³-hybridized carbons (Fsp3) is 1.00. The van der Waals surface area contributed by atoms with E-state index in [4.69, 9.17) is 42.6 Å². The van der Waals surface area contributed by atoms with Gasteiger partial charge < -0.3 is 78.4 Å². The third-order valence-electron chi connectivity index (χ3n) is 7.38. The van der Waals surface area contributed by atoms with Crippen LogP contribution in [0.25, 0.3) is 0 Å². The summed E-state index contributed by atoms with van der Waals surface area (Å²) in [5.74, 6) is 0. The molecule has 3 saturated heterocycles. The van der Waals surface area contributed by atoms with E-state index in [0.29, 0.717) is 19.8 Å². The summed E-state index contributed by atoms with van der Waals surface area (Å²) in [5.41, 5.74) is 0. The molecule has 0 radical (unpaired) electrons. The highest BCUT2D eigenvalue weighted by Gasteiger charge is 2.54. The molecule has 42 heavy (non-hydrogen) atoms. The SMILES string of the molecule is CCOC[C@H]1O[C@@H](OCC)[C@H](OCC)[C@@H](OCC)[C@@H]1O[C@H]1O[C@H](CO)[C@@H](O[C@@H]2O[C@H](CO)[C@@H](O)[C@H](O)[C@H]2O)[C@H](O)[C@H]1O. The first-order valence-corrected chi connectivity index (χ1v) is 14.5. The van der Waals surface area contributed by atoms with Gasteiger partial charge in [-0.25, -0.2) is 0 Å². The molecule has 0 aliphatic carbocycles. The van der Waals surface area contributed by atoms with Crippen LogP contribution in [0.3, 0.4) is 0 Å². The van der Waals surface area contributed by atoms with Gasteiger partial charge in [0.25, 0.3) is 0 Å². The van der Waals surface area contributed by atoms with Gasteiger partial charge >= 0.3 is 0 Å². The molecule has 16 nitrogen and oxygen atoms in total. The molecule has 16 heteroatoms. The Hall–Kier alpha value is -0.640. The average Bonchev–Trinajstić information content (AvgIpc) is 2.98. The molecule has 0 spiro atoms. The number of rotatable bonds is 15. The van der Waals surface area contributed by atoms with E-state index in [-0.39, 0.29) is 13.2 Å². The van der Waals surface area contributed by atoms with Crippen molar-refractivity contribution in [1.82, 2.24) is 0 Å². The normalized spacial score (nSPS) is 44.8. The van der Waals surface area contributed by atoms with Crippen molar-refractivity contribution < 1.29 is 78.4 Å². The van der Waals surface area contributed by atoms with Gasteiger partial charge in [0.1, 0.15) is 73.2 Å². The van der Waals surface area contributed by atoms with Gasteiger partial charge in [0.2, 0.25) is 0 Å². The molecular formula is C26H48O16. The minimum Gasteiger partial charge on any atom is -0.394 e. The van der Waals surface area contributed by atoms with Crippen LogP contribution < -0.4 is 0 Å². The Morgan fingerprint density at radius 1 is 0.476 bits per heavy atom. The summed E-state index contributed by atoms with van der Waals surface area (Å²) in [6, 6.07) is 0. The number of hydrogen-bond acceptors (Lipinski definition) is 16. The Kier molecular flexibility index (Phi) is 14.6. The molecule has 3 fully saturated rings. The summed E-state index contributed by atoms with van der Waals surface area (Å²) in [5, 5.41) is 72.1. The average molecular weight is 617 g/mol. The first-order valence-electron chi connectivity index (χ1n) is 14.5. The maximum atomic E-state index is 11.1. The van der Waals surface area contributed by atoms with Crippen LogP contribution in [0.5, 0.6) is 0 Å². The molecule has 7 N–H and O–H groups in total. The van der Waals surface area contributed by atoms with Crippen LogP contribution in [0.1, 0.15) is 27.7 Å². The van der Waals surface area contributed by atoms with Gasteiger partial charge in [-0.15, -0.1) is 0 Å². The van der Waals surface area contributed by atoms with E-state index in [1.54, 1.807) is 13.8 Å². The number of aliphatic hydroxyl groups is 7. The second-order valence-corrected chi connectivity index (χ2v) is 10.1. The molecule has 0 bridgehead atoms. The quantitative estimate of drug-likeness (QED) is 0.0952. The molecule has 248 valence electrons. The molecule has 0 aromatic carbocycles. The summed E-state index contributed by atoms with van der Waals surface area (Å²) in [6.07, 6.45) is -19.8. The Morgan fingerprint density at radius 2 is 1.00 bits per heavy atom. The Bertz CT molecular complexity index is 760. The third-order valence-corrected chi connectivity index (χ3v) is 7.38. The fourth-order valence-corrected chi connectivity index (χ4v) is 5.28. The number of aliphatic hydroxyl groups excluding tert-OH is 7. The van der Waals surface area contributed by atoms with Crippen LogP contribution in [0.2, 0.25) is 0 Å². The Balaban J connectivity index is 1.82. The minimum absolute atomic E-state index is 0.0742. The maximum Gasteiger partial charge on any atom is 0.187 e. The topological polar surface area (TPSA) is 225 Å². The first kappa shape index (κ1) is 35.8. The van der Waals surface area contributed by atoms with Gasteiger partial charge in [0.05, 0.1) is 19.8 Å². The lowest BCUT2D eigenvalue weighted by atomic mass is 9.96. The van der Waals surface area contributed by atoms with E-state index < -0.39 is 105 Å². The van der Waals surface area contributed by atoms with E-state index in [9.17, 15) is 35.7 Å². The van der Waals surface area contributed by atoms with Crippen molar-refractivity contribution in [3.63, 3.8) is 0 Å². The summed E-state index contributed by atoms with van der Waals surface area (Å²) in [7, 11) is 0. The van der Waals surface area contributed by atoms with Gasteiger partial charge in [-0.1, -0.05) is 0 Å². The van der Waals surface area contributed by atoms with Crippen LogP contribution in [-0.2, 0) is 42.6 Å². The second-order valence-electron chi connectivity index (χ2n) is 10.1. The Labute approximate surface area is 244 Å². The smallest absolute Gasteiger partial charge is 0.187 e. The molecule has 0 saturated carbocycles. The maximum absolute atomic E-state index is 11.1. The van der Waals surface area contributed by atoms with Crippen LogP contribution in [0.4, 0.5) is 0 Å². The lowest BCUT2D eigenvalue weighted by Gasteiger charge is -2.49. The van der Waals surface area contributed by atoms with Gasteiger partial charge in [-0.05, 0) is 27.7 Å². The molecule has 0 aromatic rings. The van der Waals surface area contributed by atoms with E-state index in [1.807, 2.05) is 13.8 Å². The molecule has 0 aromatic heterocycles. The van der Waals surface area contributed by atoms with Crippen molar-refractivity contribution in [3.8, 4) is 0 Å². The van der Waals surface area contributed by atoms with Crippen molar-refractivity contribution in [3.05, 3.63) is 0 Å². The van der Waals surface area contributed by atoms with Crippen LogP contribution in [-0.4, -0.2) is 174 Å². The van der Waals surface area contributed by atoms with Crippen LogP contribution >= 0.6 is 0 Å². The summed E-state index contributed by atoms with van der Waals surface area (Å²) < 4.78 is 52.5. The molecule has 0 amide bonds. The van der Waals surface area contributed by atoms with Gasteiger partial charge in [0.15, 0.2) is 18.9 Å². The predicted molar refractivity (Wildman–Crippen MR) is 139 cm³/mol. The molecule has 0 unspecified atom stereocenters. The largest absolute Gasteiger partial charge is 0.394 e. The van der Waals surface area contributed by atoms with Crippen molar-refractivity contribution in [2.45, 2.75) is 120 Å². The zero-order valence-corrected chi connectivity index (χ0v) is 24.4. The van der Waals surface area contributed by atoms with Gasteiger partial charge in [0, 0.05) is 26.4 Å². The van der Waals surface area contributed by atoms with E-state index in [0.717, 1.165) is 0 Å². The molecular weight excluding hydrogens is 568 g/mol.